The summed E-state index contributed by atoms with van der Waals surface area (Å²) in [4.78, 5) is 12.1. The number of pyridine rings is 1. The van der Waals surface area contributed by atoms with E-state index in [0.29, 0.717) is 6.54 Å². The summed E-state index contributed by atoms with van der Waals surface area (Å²) in [6.45, 7) is 1.52. The Hall–Kier alpha value is -2.61. The van der Waals surface area contributed by atoms with Crippen molar-refractivity contribution in [1.29, 1.82) is 0 Å². The predicted molar refractivity (Wildman–Crippen MR) is 127 cm³/mol. The second kappa shape index (κ2) is 9.54. The summed E-state index contributed by atoms with van der Waals surface area (Å²) >= 11 is 0. The van der Waals surface area contributed by atoms with Gasteiger partial charge in [-0.3, -0.25) is 9.98 Å². The maximum atomic E-state index is 4.42. The van der Waals surface area contributed by atoms with Crippen molar-refractivity contribution >= 4 is 51.7 Å². The quantitative estimate of drug-likeness (QED) is 0.225. The van der Waals surface area contributed by atoms with Gasteiger partial charge in [-0.25, -0.2) is 0 Å². The second-order valence-electron chi connectivity index (χ2n) is 6.45. The fraction of sp³-hybridized carbons (Fsp3) is 0.182. The number of hydrogen-bond acceptors (Lipinski definition) is 2. The van der Waals surface area contributed by atoms with Gasteiger partial charge in [0.25, 0.3) is 0 Å². The average molecular weight is 485 g/mol. The number of para-hydroxylation sites is 2. The van der Waals surface area contributed by atoms with Crippen LogP contribution >= 0.6 is 24.0 Å². The summed E-state index contributed by atoms with van der Waals surface area (Å²) in [5.74, 6) is 0.802. The van der Waals surface area contributed by atoms with Crippen molar-refractivity contribution in [2.75, 3.05) is 13.6 Å². The number of nitrogens with zero attached hydrogens (tertiary/aromatic N) is 2. The van der Waals surface area contributed by atoms with Crippen molar-refractivity contribution in [2.24, 2.45) is 4.99 Å². The number of guanidine groups is 1. The van der Waals surface area contributed by atoms with Crippen LogP contribution in [0.2, 0.25) is 0 Å². The Bertz CT molecular complexity index is 1080. The molecule has 0 unspecified atom stereocenters. The lowest BCUT2D eigenvalue weighted by molar-refractivity contribution is 0.798. The molecule has 0 radical (unpaired) electrons. The molecular formula is C22H24IN5. The maximum Gasteiger partial charge on any atom is 0.191 e. The van der Waals surface area contributed by atoms with Crippen LogP contribution in [0.15, 0.2) is 72.0 Å². The number of fused-ring (bicyclic) bond motifs is 2. The Morgan fingerprint density at radius 1 is 0.964 bits per heavy atom. The summed E-state index contributed by atoms with van der Waals surface area (Å²) in [5.41, 5.74) is 4.72. The summed E-state index contributed by atoms with van der Waals surface area (Å²) in [7, 11) is 1.80. The predicted octanol–water partition coefficient (Wildman–Crippen LogP) is 4.24. The monoisotopic (exact) mass is 485 g/mol. The van der Waals surface area contributed by atoms with E-state index < -0.39 is 0 Å². The highest BCUT2D eigenvalue weighted by Gasteiger charge is 2.05. The van der Waals surface area contributed by atoms with Crippen LogP contribution in [0.3, 0.4) is 0 Å². The van der Waals surface area contributed by atoms with Crippen LogP contribution in [0, 0.1) is 0 Å². The van der Waals surface area contributed by atoms with Crippen LogP contribution in [0.4, 0.5) is 0 Å². The molecule has 0 bridgehead atoms. The van der Waals surface area contributed by atoms with E-state index in [0.717, 1.165) is 24.4 Å². The zero-order valence-corrected chi connectivity index (χ0v) is 18.1. The minimum atomic E-state index is 0. The lowest BCUT2D eigenvalue weighted by Gasteiger charge is -2.13. The molecule has 0 saturated carbocycles. The van der Waals surface area contributed by atoms with E-state index in [4.69, 9.17) is 0 Å². The normalized spacial score (nSPS) is 11.4. The number of hydrogen-bond donors (Lipinski definition) is 3. The molecule has 0 atom stereocenters. The first-order chi connectivity index (χ1) is 13.3. The molecule has 0 saturated heterocycles. The first-order valence-electron chi connectivity index (χ1n) is 9.17. The van der Waals surface area contributed by atoms with Gasteiger partial charge >= 0.3 is 0 Å². The molecule has 4 rings (SSSR count). The minimum absolute atomic E-state index is 0. The molecule has 6 heteroatoms. The number of aromatic nitrogens is 2. The van der Waals surface area contributed by atoms with Crippen LogP contribution in [-0.2, 0) is 13.0 Å². The summed E-state index contributed by atoms with van der Waals surface area (Å²) < 4.78 is 0. The number of rotatable bonds is 5. The molecule has 0 fully saturated rings. The first kappa shape index (κ1) is 20.1. The molecule has 4 aromatic rings. The van der Waals surface area contributed by atoms with Crippen molar-refractivity contribution in [2.45, 2.75) is 13.0 Å². The van der Waals surface area contributed by atoms with E-state index in [1.54, 1.807) is 7.05 Å². The summed E-state index contributed by atoms with van der Waals surface area (Å²) in [5, 5.41) is 9.25. The Balaban J connectivity index is 0.00000225. The SMILES string of the molecule is CN=C(NCCc1c[nH]c2ccccc12)NCc1ccnc2ccccc12.I. The zero-order chi connectivity index (χ0) is 18.5. The number of aliphatic imine (C=N–C) groups is 1. The Labute approximate surface area is 181 Å². The fourth-order valence-corrected chi connectivity index (χ4v) is 3.36. The van der Waals surface area contributed by atoms with Crippen molar-refractivity contribution in [3.05, 3.63) is 78.1 Å². The molecule has 28 heavy (non-hydrogen) atoms. The van der Waals surface area contributed by atoms with Crippen molar-refractivity contribution in [3.8, 4) is 0 Å². The third-order valence-electron chi connectivity index (χ3n) is 4.77. The summed E-state index contributed by atoms with van der Waals surface area (Å²) in [6.07, 6.45) is 4.88. The van der Waals surface area contributed by atoms with Gasteiger partial charge in [0.15, 0.2) is 5.96 Å². The largest absolute Gasteiger partial charge is 0.361 e. The van der Waals surface area contributed by atoms with E-state index in [1.165, 1.54) is 27.4 Å². The van der Waals surface area contributed by atoms with Gasteiger partial charge < -0.3 is 15.6 Å². The second-order valence-corrected chi connectivity index (χ2v) is 6.45. The van der Waals surface area contributed by atoms with Gasteiger partial charge in [-0.1, -0.05) is 36.4 Å². The zero-order valence-electron chi connectivity index (χ0n) is 15.8. The van der Waals surface area contributed by atoms with Gasteiger partial charge in [-0.05, 0) is 35.7 Å². The van der Waals surface area contributed by atoms with Crippen LogP contribution < -0.4 is 10.6 Å². The molecule has 0 aliphatic rings. The van der Waals surface area contributed by atoms with E-state index in [9.17, 15) is 0 Å². The van der Waals surface area contributed by atoms with Gasteiger partial charge in [-0.2, -0.15) is 0 Å². The molecule has 2 heterocycles. The van der Waals surface area contributed by atoms with E-state index in [2.05, 4.69) is 68.2 Å². The first-order valence-corrected chi connectivity index (χ1v) is 9.17. The van der Waals surface area contributed by atoms with Crippen LogP contribution in [-0.4, -0.2) is 29.5 Å². The molecule has 3 N–H and O–H groups in total. The average Bonchev–Trinajstić information content (AvgIpc) is 3.13. The van der Waals surface area contributed by atoms with Crippen molar-refractivity contribution in [3.63, 3.8) is 0 Å². The molecular weight excluding hydrogens is 461 g/mol. The fourth-order valence-electron chi connectivity index (χ4n) is 3.36. The van der Waals surface area contributed by atoms with Gasteiger partial charge in [0.2, 0.25) is 0 Å². The Kier molecular flexibility index (Phi) is 6.86. The highest BCUT2D eigenvalue weighted by atomic mass is 127. The van der Waals surface area contributed by atoms with Crippen LogP contribution in [0.1, 0.15) is 11.1 Å². The van der Waals surface area contributed by atoms with E-state index >= 15 is 0 Å². The molecule has 2 aromatic carbocycles. The number of benzene rings is 2. The lowest BCUT2D eigenvalue weighted by Crippen LogP contribution is -2.37. The van der Waals surface area contributed by atoms with E-state index in [1.807, 2.05) is 24.4 Å². The standard InChI is InChI=1S/C22H23N5.HI/c1-23-22(25-13-11-16-14-26-21-9-5-3-7-19(16)21)27-15-17-10-12-24-20-8-4-2-6-18(17)20;/h2-10,12,14,26H,11,13,15H2,1H3,(H2,23,25,27);1H. The molecule has 0 amide bonds. The van der Waals surface area contributed by atoms with Crippen LogP contribution in [0.5, 0.6) is 0 Å². The molecule has 0 spiro atoms. The highest BCUT2D eigenvalue weighted by Crippen LogP contribution is 2.18. The number of nitrogens with one attached hydrogen (secondary N) is 3. The number of aromatic amines is 1. The molecule has 5 nitrogen and oxygen atoms in total. The third-order valence-corrected chi connectivity index (χ3v) is 4.77. The van der Waals surface area contributed by atoms with Crippen molar-refractivity contribution < 1.29 is 0 Å². The topological polar surface area (TPSA) is 65.1 Å². The minimum Gasteiger partial charge on any atom is -0.361 e. The van der Waals surface area contributed by atoms with Gasteiger partial charge in [0.1, 0.15) is 0 Å². The highest BCUT2D eigenvalue weighted by molar-refractivity contribution is 14.0. The number of H-pyrrole nitrogens is 1. The number of halogens is 1. The molecule has 0 aliphatic heterocycles. The van der Waals surface area contributed by atoms with Gasteiger partial charge in [-0.15, -0.1) is 24.0 Å². The lowest BCUT2D eigenvalue weighted by atomic mass is 10.1. The van der Waals surface area contributed by atoms with Gasteiger partial charge in [0, 0.05) is 48.8 Å². The Morgan fingerprint density at radius 3 is 2.61 bits per heavy atom. The molecule has 0 aliphatic carbocycles. The Morgan fingerprint density at radius 2 is 1.75 bits per heavy atom. The van der Waals surface area contributed by atoms with Gasteiger partial charge in [0.05, 0.1) is 5.52 Å². The maximum absolute atomic E-state index is 4.42. The smallest absolute Gasteiger partial charge is 0.191 e. The molecule has 144 valence electrons. The molecule has 2 aromatic heterocycles. The third kappa shape index (κ3) is 4.44. The van der Waals surface area contributed by atoms with Crippen molar-refractivity contribution in [1.82, 2.24) is 20.6 Å². The summed E-state index contributed by atoms with van der Waals surface area (Å²) in [6, 6.07) is 18.6. The van der Waals surface area contributed by atoms with Crippen LogP contribution in [0.25, 0.3) is 21.8 Å². The van der Waals surface area contributed by atoms with E-state index in [-0.39, 0.29) is 24.0 Å².